The average Bonchev–Trinajstić information content (AvgIpc) is 2.29. The van der Waals surface area contributed by atoms with Crippen LogP contribution in [0.25, 0.3) is 0 Å². The van der Waals surface area contributed by atoms with Crippen molar-refractivity contribution in [3.05, 3.63) is 0 Å². The van der Waals surface area contributed by atoms with Gasteiger partial charge in [-0.2, -0.15) is 0 Å². The van der Waals surface area contributed by atoms with Gasteiger partial charge in [0.25, 0.3) is 0 Å². The average molecular weight is 235 g/mol. The zero-order chi connectivity index (χ0) is 11.3. The fourth-order valence-electron chi connectivity index (χ4n) is 1.84. The van der Waals surface area contributed by atoms with Crippen LogP contribution in [0.3, 0.4) is 0 Å². The van der Waals surface area contributed by atoms with E-state index in [1.807, 2.05) is 6.92 Å². The second kappa shape index (κ2) is 5.94. The van der Waals surface area contributed by atoms with Crippen molar-refractivity contribution < 1.29 is 14.4 Å². The van der Waals surface area contributed by atoms with E-state index < -0.39 is 16.3 Å². The molecule has 90 valence electrons. The van der Waals surface area contributed by atoms with Crippen LogP contribution in [0, 0.1) is 0 Å². The molecule has 0 radical (unpaired) electrons. The standard InChI is InChI=1S/C10H21NO3S/c1-2-10(7-12,8-13)11-9-3-5-15(14)6-4-9/h9,11-13H,2-8H2,1H3. The zero-order valence-electron chi connectivity index (χ0n) is 9.24. The molecule has 4 nitrogen and oxygen atoms in total. The Morgan fingerprint density at radius 3 is 2.27 bits per heavy atom. The fraction of sp³-hybridized carbons (Fsp3) is 1.00. The van der Waals surface area contributed by atoms with Gasteiger partial charge in [-0.1, -0.05) is 6.92 Å². The first kappa shape index (κ1) is 13.1. The molecule has 5 heteroatoms. The highest BCUT2D eigenvalue weighted by Crippen LogP contribution is 2.16. The normalized spacial score (nSPS) is 27.9. The minimum Gasteiger partial charge on any atom is -0.394 e. The van der Waals surface area contributed by atoms with Gasteiger partial charge in [-0.05, 0) is 19.3 Å². The van der Waals surface area contributed by atoms with E-state index in [0.717, 1.165) is 24.3 Å². The molecular weight excluding hydrogens is 214 g/mol. The first-order chi connectivity index (χ1) is 7.15. The Labute approximate surface area is 93.5 Å². The van der Waals surface area contributed by atoms with Crippen LogP contribution < -0.4 is 5.32 Å². The maximum Gasteiger partial charge on any atom is 0.0647 e. The van der Waals surface area contributed by atoms with Crippen molar-refractivity contribution in [3.8, 4) is 0 Å². The predicted molar refractivity (Wildman–Crippen MR) is 61.2 cm³/mol. The van der Waals surface area contributed by atoms with Crippen molar-refractivity contribution in [2.24, 2.45) is 0 Å². The SMILES string of the molecule is CCC(CO)(CO)NC1CCS(=O)CC1. The molecular formula is C10H21NO3S. The minimum atomic E-state index is -0.660. The summed E-state index contributed by atoms with van der Waals surface area (Å²) in [5.41, 5.74) is -0.566. The van der Waals surface area contributed by atoms with Crippen LogP contribution in [-0.2, 0) is 10.8 Å². The van der Waals surface area contributed by atoms with Gasteiger partial charge in [0.2, 0.25) is 0 Å². The molecule has 1 aliphatic rings. The second-order valence-corrected chi connectivity index (χ2v) is 5.91. The first-order valence-electron chi connectivity index (χ1n) is 5.50. The lowest BCUT2D eigenvalue weighted by Gasteiger charge is -2.36. The maximum atomic E-state index is 11.2. The smallest absolute Gasteiger partial charge is 0.0647 e. The molecule has 1 fully saturated rings. The third-order valence-corrected chi connectivity index (χ3v) is 4.56. The van der Waals surface area contributed by atoms with Gasteiger partial charge < -0.3 is 15.5 Å². The van der Waals surface area contributed by atoms with Gasteiger partial charge in [0.15, 0.2) is 0 Å². The van der Waals surface area contributed by atoms with Crippen LogP contribution in [-0.4, -0.2) is 50.7 Å². The molecule has 0 aromatic carbocycles. The van der Waals surface area contributed by atoms with E-state index in [-0.39, 0.29) is 19.3 Å². The van der Waals surface area contributed by atoms with Crippen molar-refractivity contribution in [1.29, 1.82) is 0 Å². The van der Waals surface area contributed by atoms with Crippen LogP contribution >= 0.6 is 0 Å². The van der Waals surface area contributed by atoms with Gasteiger partial charge in [-0.15, -0.1) is 0 Å². The molecule has 0 unspecified atom stereocenters. The van der Waals surface area contributed by atoms with Crippen molar-refractivity contribution in [3.63, 3.8) is 0 Å². The third kappa shape index (κ3) is 3.52. The number of aliphatic hydroxyl groups is 2. The molecule has 0 aromatic rings. The Bertz CT molecular complexity index is 200. The molecule has 1 saturated heterocycles. The second-order valence-electron chi connectivity index (χ2n) is 4.22. The quantitative estimate of drug-likeness (QED) is 0.607. The Hall–Kier alpha value is 0.0300. The Morgan fingerprint density at radius 2 is 1.87 bits per heavy atom. The zero-order valence-corrected chi connectivity index (χ0v) is 10.1. The molecule has 1 rings (SSSR count). The van der Waals surface area contributed by atoms with Crippen LogP contribution in [0.2, 0.25) is 0 Å². The number of hydrogen-bond donors (Lipinski definition) is 3. The van der Waals surface area contributed by atoms with Crippen molar-refractivity contribution in [2.45, 2.75) is 37.8 Å². The highest BCUT2D eigenvalue weighted by atomic mass is 32.2. The van der Waals surface area contributed by atoms with E-state index in [1.54, 1.807) is 0 Å². The van der Waals surface area contributed by atoms with Crippen molar-refractivity contribution in [2.75, 3.05) is 24.7 Å². The summed E-state index contributed by atoms with van der Waals surface area (Å²) in [7, 11) is -0.660. The molecule has 0 atom stereocenters. The van der Waals surface area contributed by atoms with Crippen molar-refractivity contribution >= 4 is 10.8 Å². The monoisotopic (exact) mass is 235 g/mol. The van der Waals surface area contributed by atoms with E-state index in [1.165, 1.54) is 0 Å². The van der Waals surface area contributed by atoms with E-state index in [4.69, 9.17) is 0 Å². The van der Waals surface area contributed by atoms with Crippen molar-refractivity contribution in [1.82, 2.24) is 5.32 Å². The summed E-state index contributed by atoms with van der Waals surface area (Å²) in [5.74, 6) is 1.46. The molecule has 0 saturated carbocycles. The van der Waals surface area contributed by atoms with Gasteiger partial charge in [-0.3, -0.25) is 4.21 Å². The highest BCUT2D eigenvalue weighted by Gasteiger charge is 2.30. The molecule has 1 heterocycles. The molecule has 3 N–H and O–H groups in total. The molecule has 0 aromatic heterocycles. The minimum absolute atomic E-state index is 0.0560. The summed E-state index contributed by atoms with van der Waals surface area (Å²) in [6.45, 7) is 1.83. The summed E-state index contributed by atoms with van der Waals surface area (Å²) in [6, 6.07) is 0.280. The van der Waals surface area contributed by atoms with E-state index in [2.05, 4.69) is 5.32 Å². The maximum absolute atomic E-state index is 11.2. The Balaban J connectivity index is 2.48. The summed E-state index contributed by atoms with van der Waals surface area (Å²) in [4.78, 5) is 0. The summed E-state index contributed by atoms with van der Waals surface area (Å²) >= 11 is 0. The summed E-state index contributed by atoms with van der Waals surface area (Å²) < 4.78 is 11.2. The van der Waals surface area contributed by atoms with Gasteiger partial charge in [0.1, 0.15) is 0 Å². The van der Waals surface area contributed by atoms with Crippen LogP contribution in [0.4, 0.5) is 0 Å². The molecule has 0 amide bonds. The topological polar surface area (TPSA) is 69.6 Å². The van der Waals surface area contributed by atoms with Gasteiger partial charge >= 0.3 is 0 Å². The molecule has 0 spiro atoms. The molecule has 15 heavy (non-hydrogen) atoms. The molecule has 0 aliphatic carbocycles. The lowest BCUT2D eigenvalue weighted by molar-refractivity contribution is 0.0763. The largest absolute Gasteiger partial charge is 0.394 e. The van der Waals surface area contributed by atoms with Crippen LogP contribution in [0.15, 0.2) is 0 Å². The van der Waals surface area contributed by atoms with Gasteiger partial charge in [-0.25, -0.2) is 0 Å². The highest BCUT2D eigenvalue weighted by molar-refractivity contribution is 7.85. The predicted octanol–water partition coefficient (Wildman–Crippen LogP) is -0.380. The van der Waals surface area contributed by atoms with E-state index >= 15 is 0 Å². The number of nitrogens with one attached hydrogen (secondary N) is 1. The number of aliphatic hydroxyl groups excluding tert-OH is 2. The summed E-state index contributed by atoms with van der Waals surface area (Å²) in [5, 5.41) is 21.9. The van der Waals surface area contributed by atoms with E-state index in [0.29, 0.717) is 6.42 Å². The lowest BCUT2D eigenvalue weighted by Crippen LogP contribution is -2.56. The molecule has 0 bridgehead atoms. The van der Waals surface area contributed by atoms with Crippen LogP contribution in [0.5, 0.6) is 0 Å². The number of hydrogen-bond acceptors (Lipinski definition) is 4. The molecule has 1 aliphatic heterocycles. The Morgan fingerprint density at radius 1 is 1.33 bits per heavy atom. The summed E-state index contributed by atoms with van der Waals surface area (Å²) in [6.07, 6.45) is 2.43. The Kier molecular flexibility index (Phi) is 5.18. The lowest BCUT2D eigenvalue weighted by atomic mass is 9.95. The van der Waals surface area contributed by atoms with Gasteiger partial charge in [0, 0.05) is 28.3 Å². The van der Waals surface area contributed by atoms with Crippen LogP contribution in [0.1, 0.15) is 26.2 Å². The third-order valence-electron chi connectivity index (χ3n) is 3.18. The fourth-order valence-corrected chi connectivity index (χ4v) is 3.14. The number of rotatable bonds is 5. The van der Waals surface area contributed by atoms with Gasteiger partial charge in [0.05, 0.1) is 18.8 Å². The van der Waals surface area contributed by atoms with E-state index in [9.17, 15) is 14.4 Å². The first-order valence-corrected chi connectivity index (χ1v) is 6.99.